The first kappa shape index (κ1) is 20.2. The smallest absolute Gasteiger partial charge is 0.191 e. The van der Waals surface area contributed by atoms with Crippen molar-refractivity contribution in [3.63, 3.8) is 0 Å². The van der Waals surface area contributed by atoms with Crippen molar-refractivity contribution in [1.29, 1.82) is 0 Å². The standard InChI is InChI=1S/C16H28N4O2.HI/c1-4-13-12(14(5-2)22-20-13)10-18-15(17-6-3)19-11-16(21)8-7-9-16;/h21H,4-11H2,1-3H3,(H2,17,18,19);1H. The first-order valence-electron chi connectivity index (χ1n) is 8.32. The van der Waals surface area contributed by atoms with Crippen LogP contribution >= 0.6 is 24.0 Å². The molecule has 0 atom stereocenters. The molecule has 1 aromatic heterocycles. The summed E-state index contributed by atoms with van der Waals surface area (Å²) in [7, 11) is 0. The maximum atomic E-state index is 10.2. The van der Waals surface area contributed by atoms with Gasteiger partial charge in [-0.25, -0.2) is 4.99 Å². The minimum absolute atomic E-state index is 0. The second-order valence-electron chi connectivity index (χ2n) is 5.86. The summed E-state index contributed by atoms with van der Waals surface area (Å²) in [5, 5.41) is 20.7. The summed E-state index contributed by atoms with van der Waals surface area (Å²) in [5.74, 6) is 1.64. The molecule has 0 aliphatic heterocycles. The summed E-state index contributed by atoms with van der Waals surface area (Å²) in [6.45, 7) is 8.04. The Morgan fingerprint density at radius 3 is 2.52 bits per heavy atom. The lowest BCUT2D eigenvalue weighted by Gasteiger charge is -2.36. The van der Waals surface area contributed by atoms with Gasteiger partial charge >= 0.3 is 0 Å². The fraction of sp³-hybridized carbons (Fsp3) is 0.750. The van der Waals surface area contributed by atoms with E-state index in [1.165, 1.54) is 0 Å². The third kappa shape index (κ3) is 5.34. The van der Waals surface area contributed by atoms with Crippen LogP contribution in [0.15, 0.2) is 9.52 Å². The molecule has 1 aromatic rings. The van der Waals surface area contributed by atoms with E-state index in [1.54, 1.807) is 0 Å². The lowest BCUT2D eigenvalue weighted by atomic mass is 9.80. The number of aliphatic imine (C=N–C) groups is 1. The van der Waals surface area contributed by atoms with Crippen LogP contribution in [0.4, 0.5) is 0 Å². The monoisotopic (exact) mass is 436 g/mol. The number of halogens is 1. The Balaban J connectivity index is 0.00000264. The minimum atomic E-state index is -0.559. The molecule has 1 aliphatic rings. The highest BCUT2D eigenvalue weighted by Crippen LogP contribution is 2.30. The number of aromatic nitrogens is 1. The van der Waals surface area contributed by atoms with Crippen molar-refractivity contribution in [3.05, 3.63) is 17.0 Å². The molecule has 0 amide bonds. The first-order chi connectivity index (χ1) is 10.6. The predicted octanol–water partition coefficient (Wildman–Crippen LogP) is 2.39. The summed E-state index contributed by atoms with van der Waals surface area (Å²) in [4.78, 5) is 4.62. The number of guanidine groups is 1. The third-order valence-electron chi connectivity index (χ3n) is 4.22. The summed E-state index contributed by atoms with van der Waals surface area (Å²) < 4.78 is 5.37. The highest BCUT2D eigenvalue weighted by molar-refractivity contribution is 14.0. The highest BCUT2D eigenvalue weighted by Gasteiger charge is 2.34. The zero-order valence-corrected chi connectivity index (χ0v) is 16.6. The molecule has 1 saturated carbocycles. The van der Waals surface area contributed by atoms with Gasteiger partial charge in [0, 0.05) is 25.1 Å². The van der Waals surface area contributed by atoms with E-state index in [2.05, 4.69) is 34.6 Å². The van der Waals surface area contributed by atoms with Crippen molar-refractivity contribution in [3.8, 4) is 0 Å². The van der Waals surface area contributed by atoms with Crippen LogP contribution < -0.4 is 10.6 Å². The van der Waals surface area contributed by atoms with Gasteiger partial charge in [0.15, 0.2) is 5.96 Å². The number of aliphatic hydroxyl groups is 1. The van der Waals surface area contributed by atoms with E-state index in [4.69, 9.17) is 4.52 Å². The number of aryl methyl sites for hydroxylation is 2. The molecule has 1 aliphatic carbocycles. The van der Waals surface area contributed by atoms with Gasteiger partial charge in [-0.05, 0) is 32.6 Å². The molecule has 0 bridgehead atoms. The van der Waals surface area contributed by atoms with Gasteiger partial charge in [-0.2, -0.15) is 0 Å². The number of nitrogens with zero attached hydrogens (tertiary/aromatic N) is 2. The van der Waals surface area contributed by atoms with E-state index in [1.807, 2.05) is 6.92 Å². The van der Waals surface area contributed by atoms with Crippen LogP contribution in [0, 0.1) is 0 Å². The number of nitrogens with one attached hydrogen (secondary N) is 2. The Morgan fingerprint density at radius 2 is 2.00 bits per heavy atom. The van der Waals surface area contributed by atoms with E-state index in [0.29, 0.717) is 13.1 Å². The Bertz CT molecular complexity index is 491. The zero-order chi connectivity index (χ0) is 16.0. The van der Waals surface area contributed by atoms with Gasteiger partial charge in [-0.3, -0.25) is 0 Å². The van der Waals surface area contributed by atoms with Crippen LogP contribution in [0.3, 0.4) is 0 Å². The van der Waals surface area contributed by atoms with E-state index in [9.17, 15) is 5.11 Å². The zero-order valence-electron chi connectivity index (χ0n) is 14.3. The molecule has 2 rings (SSSR count). The molecule has 0 saturated heterocycles. The van der Waals surface area contributed by atoms with Gasteiger partial charge < -0.3 is 20.3 Å². The maximum absolute atomic E-state index is 10.2. The minimum Gasteiger partial charge on any atom is -0.388 e. The Morgan fingerprint density at radius 1 is 1.26 bits per heavy atom. The van der Waals surface area contributed by atoms with Gasteiger partial charge in [0.05, 0.1) is 17.8 Å². The SMILES string of the molecule is CCNC(=NCc1c(CC)noc1CC)NCC1(O)CCC1.I. The van der Waals surface area contributed by atoms with Crippen LogP contribution in [-0.4, -0.2) is 34.9 Å². The average molecular weight is 436 g/mol. The maximum Gasteiger partial charge on any atom is 0.191 e. The normalized spacial score (nSPS) is 16.4. The van der Waals surface area contributed by atoms with Crippen LogP contribution in [0.1, 0.15) is 57.1 Å². The van der Waals surface area contributed by atoms with Gasteiger partial charge in [0.25, 0.3) is 0 Å². The van der Waals surface area contributed by atoms with Gasteiger partial charge in [0.2, 0.25) is 0 Å². The molecule has 7 heteroatoms. The highest BCUT2D eigenvalue weighted by atomic mass is 127. The number of hydrogen-bond acceptors (Lipinski definition) is 4. The summed E-state index contributed by atoms with van der Waals surface area (Å²) >= 11 is 0. The van der Waals surface area contributed by atoms with Crippen molar-refractivity contribution >= 4 is 29.9 Å². The van der Waals surface area contributed by atoms with Crippen molar-refractivity contribution in [2.24, 2.45) is 4.99 Å². The van der Waals surface area contributed by atoms with E-state index in [-0.39, 0.29) is 24.0 Å². The molecule has 1 fully saturated rings. The number of hydrogen-bond donors (Lipinski definition) is 3. The largest absolute Gasteiger partial charge is 0.388 e. The van der Waals surface area contributed by atoms with Crippen LogP contribution in [0.2, 0.25) is 0 Å². The van der Waals surface area contributed by atoms with E-state index in [0.717, 1.165) is 61.6 Å². The molecular formula is C16H29IN4O2. The molecule has 3 N–H and O–H groups in total. The molecule has 0 spiro atoms. The van der Waals surface area contributed by atoms with Gasteiger partial charge in [0.1, 0.15) is 5.76 Å². The van der Waals surface area contributed by atoms with Crippen LogP contribution in [-0.2, 0) is 19.4 Å². The molecule has 23 heavy (non-hydrogen) atoms. The van der Waals surface area contributed by atoms with E-state index < -0.39 is 5.60 Å². The Hall–Kier alpha value is -0.830. The quantitative estimate of drug-likeness (QED) is 0.348. The Labute approximate surface area is 155 Å². The van der Waals surface area contributed by atoms with Crippen molar-refractivity contribution in [2.75, 3.05) is 13.1 Å². The predicted molar refractivity (Wildman–Crippen MR) is 102 cm³/mol. The second-order valence-corrected chi connectivity index (χ2v) is 5.86. The lowest BCUT2D eigenvalue weighted by Crippen LogP contribution is -2.50. The van der Waals surface area contributed by atoms with Crippen LogP contribution in [0.5, 0.6) is 0 Å². The first-order valence-corrected chi connectivity index (χ1v) is 8.32. The average Bonchev–Trinajstić information content (AvgIpc) is 2.90. The number of rotatable bonds is 7. The summed E-state index contributed by atoms with van der Waals surface area (Å²) in [6.07, 6.45) is 4.50. The lowest BCUT2D eigenvalue weighted by molar-refractivity contribution is -0.0279. The molecule has 0 aromatic carbocycles. The van der Waals surface area contributed by atoms with Crippen molar-refractivity contribution in [2.45, 2.75) is 65.0 Å². The topological polar surface area (TPSA) is 82.7 Å². The third-order valence-corrected chi connectivity index (χ3v) is 4.22. The molecule has 0 unspecified atom stereocenters. The van der Waals surface area contributed by atoms with Crippen molar-refractivity contribution in [1.82, 2.24) is 15.8 Å². The van der Waals surface area contributed by atoms with E-state index >= 15 is 0 Å². The Kier molecular flexibility index (Phi) is 8.32. The van der Waals surface area contributed by atoms with Crippen LogP contribution in [0.25, 0.3) is 0 Å². The fourth-order valence-electron chi connectivity index (χ4n) is 2.63. The molecule has 6 nitrogen and oxygen atoms in total. The molecule has 1 heterocycles. The molecule has 0 radical (unpaired) electrons. The summed E-state index contributed by atoms with van der Waals surface area (Å²) in [5.41, 5.74) is 1.51. The molecule has 132 valence electrons. The fourth-order valence-corrected chi connectivity index (χ4v) is 2.63. The van der Waals surface area contributed by atoms with Gasteiger partial charge in [-0.1, -0.05) is 19.0 Å². The second kappa shape index (κ2) is 9.46. The summed E-state index contributed by atoms with van der Waals surface area (Å²) in [6, 6.07) is 0. The van der Waals surface area contributed by atoms with Gasteiger partial charge in [-0.15, -0.1) is 24.0 Å². The van der Waals surface area contributed by atoms with Crippen molar-refractivity contribution < 1.29 is 9.63 Å². The molecular weight excluding hydrogens is 407 g/mol.